The molecule has 0 atom stereocenters. The number of halogens is 3. The molecule has 0 aliphatic carbocycles. The Bertz CT molecular complexity index is 886. The molecule has 2 heterocycles. The Morgan fingerprint density at radius 3 is 2.71 bits per heavy atom. The van der Waals surface area contributed by atoms with Crippen LogP contribution in [0, 0.1) is 0 Å². The number of nitrogens with one attached hydrogen (secondary N) is 1. The lowest BCUT2D eigenvalue weighted by Gasteiger charge is -2.07. The van der Waals surface area contributed by atoms with Crippen LogP contribution in [0.2, 0.25) is 0 Å². The molecule has 0 saturated heterocycles. The van der Waals surface area contributed by atoms with Gasteiger partial charge in [0.1, 0.15) is 12.4 Å². The lowest BCUT2D eigenvalue weighted by atomic mass is 10.3. The van der Waals surface area contributed by atoms with E-state index in [0.29, 0.717) is 17.8 Å². The molecule has 0 saturated carbocycles. The summed E-state index contributed by atoms with van der Waals surface area (Å²) in [5, 5.41) is 7.44. The number of para-hydroxylation sites is 2. The van der Waals surface area contributed by atoms with Gasteiger partial charge in [-0.25, -0.2) is 4.98 Å². The van der Waals surface area contributed by atoms with Gasteiger partial charge in [-0.1, -0.05) is 30.4 Å². The minimum atomic E-state index is -4.57. The molecule has 0 unspecified atom stereocenters. The van der Waals surface area contributed by atoms with Gasteiger partial charge >= 0.3 is 6.18 Å². The van der Waals surface area contributed by atoms with E-state index in [1.165, 1.54) is 0 Å². The quantitative estimate of drug-likeness (QED) is 0.780. The standard InChI is InChI=1S/C14H12F3N5OS/c1-2-10-18-8-5-3-4-6-9(8)22(10)7-11(23)19-13-21-20-12(24-13)14(15,16)17/h3-6H,2,7H2,1H3,(H,19,21,23). The van der Waals surface area contributed by atoms with Crippen LogP contribution >= 0.6 is 11.3 Å². The maximum absolute atomic E-state index is 12.5. The third kappa shape index (κ3) is 3.23. The number of hydrogen-bond acceptors (Lipinski definition) is 5. The molecule has 10 heteroatoms. The van der Waals surface area contributed by atoms with Crippen molar-refractivity contribution in [2.24, 2.45) is 0 Å². The number of aryl methyl sites for hydroxylation is 1. The molecular formula is C14H12F3N5OS. The molecule has 0 fully saturated rings. The van der Waals surface area contributed by atoms with Gasteiger partial charge in [-0.3, -0.25) is 10.1 Å². The van der Waals surface area contributed by atoms with Crippen molar-refractivity contribution in [3.63, 3.8) is 0 Å². The van der Waals surface area contributed by atoms with Crippen molar-refractivity contribution in [1.82, 2.24) is 19.7 Å². The topological polar surface area (TPSA) is 72.7 Å². The van der Waals surface area contributed by atoms with Crippen molar-refractivity contribution < 1.29 is 18.0 Å². The summed E-state index contributed by atoms with van der Waals surface area (Å²) in [5.74, 6) is 0.234. The number of alkyl halides is 3. The van der Waals surface area contributed by atoms with Crippen molar-refractivity contribution in [2.45, 2.75) is 26.1 Å². The molecule has 2 aromatic heterocycles. The normalized spacial score (nSPS) is 11.8. The average molecular weight is 355 g/mol. The summed E-state index contributed by atoms with van der Waals surface area (Å²) in [6.45, 7) is 1.85. The number of imidazole rings is 1. The molecule has 0 aliphatic heterocycles. The molecular weight excluding hydrogens is 343 g/mol. The number of fused-ring (bicyclic) bond motifs is 1. The highest BCUT2D eigenvalue weighted by atomic mass is 32.1. The van der Waals surface area contributed by atoms with E-state index in [1.807, 2.05) is 31.2 Å². The summed E-state index contributed by atoms with van der Waals surface area (Å²) < 4.78 is 39.2. The van der Waals surface area contributed by atoms with Gasteiger partial charge in [0.25, 0.3) is 0 Å². The Morgan fingerprint density at radius 2 is 2.04 bits per heavy atom. The van der Waals surface area contributed by atoms with Gasteiger partial charge in [0.15, 0.2) is 0 Å². The van der Waals surface area contributed by atoms with E-state index in [-0.39, 0.29) is 11.7 Å². The monoisotopic (exact) mass is 355 g/mol. The van der Waals surface area contributed by atoms with Crippen LogP contribution in [0.1, 0.15) is 17.8 Å². The van der Waals surface area contributed by atoms with E-state index in [0.717, 1.165) is 16.9 Å². The lowest BCUT2D eigenvalue weighted by molar-refractivity contribution is -0.138. The van der Waals surface area contributed by atoms with Gasteiger partial charge in [0.05, 0.1) is 11.0 Å². The van der Waals surface area contributed by atoms with Crippen molar-refractivity contribution in [1.29, 1.82) is 0 Å². The number of nitrogens with zero attached hydrogens (tertiary/aromatic N) is 4. The molecule has 0 radical (unpaired) electrons. The molecule has 3 rings (SSSR count). The van der Waals surface area contributed by atoms with Crippen LogP contribution in [0.15, 0.2) is 24.3 Å². The first kappa shape index (κ1) is 16.4. The molecule has 1 aromatic carbocycles. The van der Waals surface area contributed by atoms with E-state index in [2.05, 4.69) is 20.5 Å². The van der Waals surface area contributed by atoms with E-state index in [9.17, 15) is 18.0 Å². The number of benzene rings is 1. The van der Waals surface area contributed by atoms with Gasteiger partial charge in [0.2, 0.25) is 16.0 Å². The minimum absolute atomic E-state index is 0.0649. The first-order valence-electron chi connectivity index (χ1n) is 7.03. The lowest BCUT2D eigenvalue weighted by Crippen LogP contribution is -2.20. The fourth-order valence-electron chi connectivity index (χ4n) is 2.26. The number of anilines is 1. The number of rotatable bonds is 4. The van der Waals surface area contributed by atoms with Crippen LogP contribution < -0.4 is 5.32 Å². The summed E-state index contributed by atoms with van der Waals surface area (Å²) in [4.78, 5) is 16.6. The van der Waals surface area contributed by atoms with Gasteiger partial charge < -0.3 is 4.57 Å². The number of carbonyl (C=O) groups is 1. The molecule has 1 amide bonds. The zero-order valence-corrected chi connectivity index (χ0v) is 13.3. The van der Waals surface area contributed by atoms with Crippen LogP contribution in [0.25, 0.3) is 11.0 Å². The SMILES string of the molecule is CCc1nc2ccccc2n1CC(=O)Nc1nnc(C(F)(F)F)s1. The Hall–Kier alpha value is -2.49. The van der Waals surface area contributed by atoms with Crippen molar-refractivity contribution in [3.05, 3.63) is 35.1 Å². The predicted octanol–water partition coefficient (Wildman–Crippen LogP) is 3.11. The molecule has 126 valence electrons. The maximum Gasteiger partial charge on any atom is 0.445 e. The smallest absolute Gasteiger partial charge is 0.318 e. The number of hydrogen-bond donors (Lipinski definition) is 1. The van der Waals surface area contributed by atoms with E-state index in [4.69, 9.17) is 0 Å². The Balaban J connectivity index is 1.79. The second-order valence-electron chi connectivity index (χ2n) is 4.91. The molecule has 0 bridgehead atoms. The second kappa shape index (κ2) is 6.19. The fraction of sp³-hybridized carbons (Fsp3) is 0.286. The largest absolute Gasteiger partial charge is 0.445 e. The van der Waals surface area contributed by atoms with Crippen LogP contribution in [-0.2, 0) is 23.9 Å². The number of carbonyl (C=O) groups excluding carboxylic acids is 1. The summed E-state index contributed by atoms with van der Waals surface area (Å²) >= 11 is 0.290. The molecule has 0 aliphatic rings. The average Bonchev–Trinajstić information content (AvgIpc) is 3.12. The minimum Gasteiger partial charge on any atom is -0.318 e. The Kier molecular flexibility index (Phi) is 4.22. The zero-order valence-electron chi connectivity index (χ0n) is 12.5. The van der Waals surface area contributed by atoms with Crippen molar-refractivity contribution >= 4 is 33.4 Å². The summed E-state index contributed by atoms with van der Waals surface area (Å²) in [7, 11) is 0. The Labute approximate surface area is 138 Å². The first-order valence-corrected chi connectivity index (χ1v) is 7.85. The van der Waals surface area contributed by atoms with Gasteiger partial charge in [0, 0.05) is 6.42 Å². The van der Waals surface area contributed by atoms with Crippen molar-refractivity contribution in [3.8, 4) is 0 Å². The Morgan fingerprint density at radius 1 is 1.29 bits per heavy atom. The molecule has 1 N–H and O–H groups in total. The fourth-order valence-corrected chi connectivity index (χ4v) is 2.89. The summed E-state index contributed by atoms with van der Waals surface area (Å²) in [5.41, 5.74) is 1.55. The van der Waals surface area contributed by atoms with E-state index >= 15 is 0 Å². The highest BCUT2D eigenvalue weighted by Gasteiger charge is 2.35. The molecule has 3 aromatic rings. The number of aromatic nitrogens is 4. The van der Waals surface area contributed by atoms with Crippen LogP contribution in [0.5, 0.6) is 0 Å². The van der Waals surface area contributed by atoms with Crippen LogP contribution in [-0.4, -0.2) is 25.7 Å². The van der Waals surface area contributed by atoms with Gasteiger partial charge in [-0.05, 0) is 12.1 Å². The van der Waals surface area contributed by atoms with Crippen LogP contribution in [0.3, 0.4) is 0 Å². The summed E-state index contributed by atoms with van der Waals surface area (Å²) in [6.07, 6.45) is -3.95. The maximum atomic E-state index is 12.5. The third-order valence-corrected chi connectivity index (χ3v) is 4.15. The third-order valence-electron chi connectivity index (χ3n) is 3.27. The van der Waals surface area contributed by atoms with Gasteiger partial charge in [-0.2, -0.15) is 13.2 Å². The highest BCUT2D eigenvalue weighted by Crippen LogP contribution is 2.33. The molecule has 24 heavy (non-hydrogen) atoms. The zero-order chi connectivity index (χ0) is 17.3. The summed E-state index contributed by atoms with van der Waals surface area (Å²) in [6, 6.07) is 7.35. The first-order chi connectivity index (χ1) is 11.4. The number of amides is 1. The van der Waals surface area contributed by atoms with Crippen LogP contribution in [0.4, 0.5) is 18.3 Å². The van der Waals surface area contributed by atoms with Crippen molar-refractivity contribution in [2.75, 3.05) is 5.32 Å². The predicted molar refractivity (Wildman–Crippen MR) is 82.7 cm³/mol. The van der Waals surface area contributed by atoms with E-state index < -0.39 is 17.1 Å². The second-order valence-corrected chi connectivity index (χ2v) is 5.89. The van der Waals surface area contributed by atoms with E-state index in [1.54, 1.807) is 4.57 Å². The highest BCUT2D eigenvalue weighted by molar-refractivity contribution is 7.15. The van der Waals surface area contributed by atoms with Gasteiger partial charge in [-0.15, -0.1) is 10.2 Å². The molecule has 0 spiro atoms. The molecule has 6 nitrogen and oxygen atoms in total.